The van der Waals surface area contributed by atoms with Crippen molar-refractivity contribution in [1.29, 1.82) is 0 Å². The zero-order valence-corrected chi connectivity index (χ0v) is 19.8. The predicted octanol–water partition coefficient (Wildman–Crippen LogP) is 0.819. The Morgan fingerprint density at radius 3 is 2.25 bits per heavy atom. The molecule has 0 aliphatic rings. The molecule has 32 heavy (non-hydrogen) atoms. The van der Waals surface area contributed by atoms with Gasteiger partial charge in [-0.25, -0.2) is 4.57 Å². The largest absolute Gasteiger partial charge is 1.00 e. The molecule has 0 radical (unpaired) electrons. The molecule has 2 amide bonds. The summed E-state index contributed by atoms with van der Waals surface area (Å²) in [4.78, 5) is 37.0. The summed E-state index contributed by atoms with van der Waals surface area (Å²) in [6.45, 7) is 0.867. The number of unbranched alkanes of at least 4 members (excludes halogenated alkanes) is 1. The normalized spacial score (nSPS) is 10.1. The molecule has 166 valence electrons. The van der Waals surface area contributed by atoms with E-state index in [1.807, 2.05) is 30.6 Å². The lowest BCUT2D eigenvalue weighted by Gasteiger charge is -2.10. The maximum atomic E-state index is 12.7. The fourth-order valence-corrected chi connectivity index (χ4v) is 3.89. The van der Waals surface area contributed by atoms with Crippen LogP contribution in [-0.4, -0.2) is 16.9 Å². The molecular weight excluding hydrogens is 490 g/mol. The number of nitrogens with one attached hydrogen (secondary N) is 1. The zero-order valence-electron chi connectivity index (χ0n) is 17.4. The fourth-order valence-electron chi connectivity index (χ4n) is 2.98. The number of anilines is 1. The Kier molecular flexibility index (Phi) is 10.1. The van der Waals surface area contributed by atoms with Crippen molar-refractivity contribution in [3.63, 3.8) is 0 Å². The summed E-state index contributed by atoms with van der Waals surface area (Å²) in [6.07, 6.45) is 6.15. The van der Waals surface area contributed by atoms with Gasteiger partial charge in [0.15, 0.2) is 17.5 Å². The SMILES string of the molecule is NC(=O)c1ccc(NC(=O)c2ccccc2SC(=O)CCCC[n+]2ccccc2)cc1.[Br-]. The summed E-state index contributed by atoms with van der Waals surface area (Å²) in [6, 6.07) is 19.3. The van der Waals surface area contributed by atoms with Gasteiger partial charge < -0.3 is 28.0 Å². The van der Waals surface area contributed by atoms with Crippen molar-refractivity contribution in [3.05, 3.63) is 90.3 Å². The number of aryl methyl sites for hydroxylation is 1. The number of halogens is 1. The van der Waals surface area contributed by atoms with Crippen LogP contribution in [0.3, 0.4) is 0 Å². The van der Waals surface area contributed by atoms with Crippen molar-refractivity contribution in [1.82, 2.24) is 0 Å². The summed E-state index contributed by atoms with van der Waals surface area (Å²) >= 11 is 1.09. The zero-order chi connectivity index (χ0) is 22.1. The fraction of sp³-hybridized carbons (Fsp3) is 0.167. The third kappa shape index (κ3) is 7.62. The van der Waals surface area contributed by atoms with Gasteiger partial charge in [-0.15, -0.1) is 0 Å². The molecule has 0 fully saturated rings. The average molecular weight is 514 g/mol. The molecule has 0 saturated heterocycles. The first-order chi connectivity index (χ1) is 15.0. The van der Waals surface area contributed by atoms with E-state index < -0.39 is 5.91 Å². The number of carbonyl (C=O) groups excluding carboxylic acids is 3. The maximum Gasteiger partial charge on any atom is 0.256 e. The Balaban J connectivity index is 0.00000363. The minimum atomic E-state index is -0.527. The Labute approximate surface area is 202 Å². The van der Waals surface area contributed by atoms with Crippen LogP contribution in [0.2, 0.25) is 0 Å². The van der Waals surface area contributed by atoms with E-state index in [9.17, 15) is 14.4 Å². The minimum Gasteiger partial charge on any atom is -1.00 e. The van der Waals surface area contributed by atoms with E-state index in [2.05, 4.69) is 9.88 Å². The molecule has 1 heterocycles. The van der Waals surface area contributed by atoms with Gasteiger partial charge in [0.2, 0.25) is 5.91 Å². The maximum absolute atomic E-state index is 12.7. The summed E-state index contributed by atoms with van der Waals surface area (Å²) in [5.74, 6) is -0.844. The lowest BCUT2D eigenvalue weighted by atomic mass is 10.1. The number of carbonyl (C=O) groups is 3. The van der Waals surface area contributed by atoms with Crippen LogP contribution < -0.4 is 32.6 Å². The van der Waals surface area contributed by atoms with Gasteiger partial charge in [0, 0.05) is 41.1 Å². The number of rotatable bonds is 9. The summed E-state index contributed by atoms with van der Waals surface area (Å²) in [5.41, 5.74) is 6.57. The number of aromatic nitrogens is 1. The highest BCUT2D eigenvalue weighted by molar-refractivity contribution is 8.13. The number of amides is 2. The van der Waals surface area contributed by atoms with Crippen LogP contribution in [0.15, 0.2) is 84.0 Å². The van der Waals surface area contributed by atoms with Crippen molar-refractivity contribution in [2.24, 2.45) is 5.73 Å². The van der Waals surface area contributed by atoms with E-state index in [-0.39, 0.29) is 28.0 Å². The first-order valence-electron chi connectivity index (χ1n) is 9.98. The van der Waals surface area contributed by atoms with Gasteiger partial charge in [-0.3, -0.25) is 14.4 Å². The Morgan fingerprint density at radius 1 is 0.875 bits per heavy atom. The second-order valence-electron chi connectivity index (χ2n) is 6.94. The summed E-state index contributed by atoms with van der Waals surface area (Å²) < 4.78 is 2.09. The number of nitrogens with two attached hydrogens (primary N) is 1. The van der Waals surface area contributed by atoms with Crippen molar-refractivity contribution in [2.75, 3.05) is 5.32 Å². The Morgan fingerprint density at radius 2 is 1.56 bits per heavy atom. The van der Waals surface area contributed by atoms with Crippen molar-refractivity contribution in [2.45, 2.75) is 30.7 Å². The number of nitrogens with zero attached hydrogens (tertiary/aromatic N) is 1. The molecule has 0 spiro atoms. The number of hydrogen-bond donors (Lipinski definition) is 2. The lowest BCUT2D eigenvalue weighted by Crippen LogP contribution is -3.00. The van der Waals surface area contributed by atoms with Gasteiger partial charge in [0.1, 0.15) is 6.54 Å². The topological polar surface area (TPSA) is 93.1 Å². The average Bonchev–Trinajstić information content (AvgIpc) is 2.78. The van der Waals surface area contributed by atoms with Crippen LogP contribution >= 0.6 is 11.8 Å². The monoisotopic (exact) mass is 513 g/mol. The van der Waals surface area contributed by atoms with E-state index in [0.717, 1.165) is 31.1 Å². The smallest absolute Gasteiger partial charge is 0.256 e. The highest BCUT2D eigenvalue weighted by atomic mass is 79.9. The molecule has 3 rings (SSSR count). The van der Waals surface area contributed by atoms with Gasteiger partial charge in [-0.05, 0) is 42.8 Å². The Bertz CT molecular complexity index is 1060. The molecule has 6 nitrogen and oxygen atoms in total. The molecular formula is C24H24BrN3O3S. The highest BCUT2D eigenvalue weighted by Gasteiger charge is 2.15. The van der Waals surface area contributed by atoms with Crippen LogP contribution in [-0.2, 0) is 11.3 Å². The lowest BCUT2D eigenvalue weighted by molar-refractivity contribution is -0.697. The summed E-state index contributed by atoms with van der Waals surface area (Å²) in [5, 5.41) is 2.82. The second kappa shape index (κ2) is 12.8. The molecule has 8 heteroatoms. The van der Waals surface area contributed by atoms with Crippen LogP contribution in [0.5, 0.6) is 0 Å². The Hall–Kier alpha value is -2.97. The number of benzene rings is 2. The molecule has 1 aromatic heterocycles. The molecule has 0 aliphatic heterocycles. The van der Waals surface area contributed by atoms with Gasteiger partial charge in [0.05, 0.1) is 5.56 Å². The number of pyridine rings is 1. The van der Waals surface area contributed by atoms with E-state index in [4.69, 9.17) is 5.73 Å². The standard InChI is InChI=1S/C24H23N3O3S.BrH/c25-23(29)18-11-13-19(14-12-18)26-24(30)20-8-2-3-9-21(20)31-22(28)10-4-7-17-27-15-5-1-6-16-27;/h1-3,5-6,8-9,11-16H,4,7,10,17H2,(H2-,25,26,29,30);1H. The molecule has 2 aromatic carbocycles. The van der Waals surface area contributed by atoms with Crippen LogP contribution in [0.4, 0.5) is 5.69 Å². The molecule has 0 atom stereocenters. The molecule has 0 aliphatic carbocycles. The second-order valence-corrected chi connectivity index (χ2v) is 8.04. The molecule has 0 bridgehead atoms. The molecule has 3 N–H and O–H groups in total. The van der Waals surface area contributed by atoms with E-state index in [1.165, 1.54) is 0 Å². The molecule has 0 unspecified atom stereocenters. The number of thioether (sulfide) groups is 1. The van der Waals surface area contributed by atoms with Gasteiger partial charge >= 0.3 is 0 Å². The van der Waals surface area contributed by atoms with Gasteiger partial charge in [-0.2, -0.15) is 0 Å². The van der Waals surface area contributed by atoms with Crippen LogP contribution in [0.1, 0.15) is 40.0 Å². The van der Waals surface area contributed by atoms with Gasteiger partial charge in [0.25, 0.3) is 5.91 Å². The number of primary amides is 1. The van der Waals surface area contributed by atoms with E-state index in [0.29, 0.717) is 28.1 Å². The summed E-state index contributed by atoms with van der Waals surface area (Å²) in [7, 11) is 0. The predicted molar refractivity (Wildman–Crippen MR) is 121 cm³/mol. The van der Waals surface area contributed by atoms with Crippen LogP contribution in [0, 0.1) is 0 Å². The third-order valence-electron chi connectivity index (χ3n) is 4.61. The number of hydrogen-bond acceptors (Lipinski definition) is 4. The van der Waals surface area contributed by atoms with Gasteiger partial charge in [-0.1, -0.05) is 30.0 Å². The van der Waals surface area contributed by atoms with Crippen molar-refractivity contribution < 1.29 is 35.9 Å². The first-order valence-corrected chi connectivity index (χ1v) is 10.8. The quantitative estimate of drug-likeness (QED) is 0.251. The molecule has 3 aromatic rings. The minimum absolute atomic E-state index is 0. The van der Waals surface area contributed by atoms with Crippen molar-refractivity contribution in [3.8, 4) is 0 Å². The van der Waals surface area contributed by atoms with Crippen LogP contribution in [0.25, 0.3) is 0 Å². The highest BCUT2D eigenvalue weighted by Crippen LogP contribution is 2.26. The van der Waals surface area contributed by atoms with E-state index >= 15 is 0 Å². The van der Waals surface area contributed by atoms with Crippen molar-refractivity contribution >= 4 is 34.4 Å². The molecule has 0 saturated carbocycles. The third-order valence-corrected chi connectivity index (χ3v) is 5.61. The first kappa shape index (κ1) is 25.3. The van der Waals surface area contributed by atoms with E-state index in [1.54, 1.807) is 48.5 Å².